The molecule has 1 heterocycles. The van der Waals surface area contributed by atoms with E-state index in [9.17, 15) is 4.79 Å². The van der Waals surface area contributed by atoms with Crippen molar-refractivity contribution in [2.24, 2.45) is 0 Å². The molecule has 1 N–H and O–H groups in total. The van der Waals surface area contributed by atoms with Gasteiger partial charge in [-0.25, -0.2) is 4.79 Å². The zero-order valence-corrected chi connectivity index (χ0v) is 13.6. The van der Waals surface area contributed by atoms with Crippen LogP contribution in [0.3, 0.4) is 0 Å². The molecule has 0 saturated heterocycles. The molecule has 116 valence electrons. The Balaban J connectivity index is 1.98. The van der Waals surface area contributed by atoms with Crippen LogP contribution in [0.2, 0.25) is 0 Å². The first-order valence-electron chi connectivity index (χ1n) is 7.46. The summed E-state index contributed by atoms with van der Waals surface area (Å²) >= 11 is 1.55. The molecule has 0 bridgehead atoms. The summed E-state index contributed by atoms with van der Waals surface area (Å²) in [7, 11) is 0. The monoisotopic (exact) mass is 323 g/mol. The molecule has 0 spiro atoms. The molecule has 0 unspecified atom stereocenters. The number of rotatable bonds is 5. The number of carbonyl (C=O) groups is 1. The molecule has 0 aliphatic heterocycles. The fourth-order valence-electron chi connectivity index (χ4n) is 2.28. The molecule has 0 radical (unpaired) electrons. The lowest BCUT2D eigenvalue weighted by molar-refractivity contribution is 0.0528. The number of ether oxygens (including phenoxy) is 1. The Hall–Kier alpha value is -2.59. The molecular formula is C19H17NO2S. The van der Waals surface area contributed by atoms with Crippen LogP contribution in [0.5, 0.6) is 0 Å². The predicted molar refractivity (Wildman–Crippen MR) is 95.4 cm³/mol. The highest BCUT2D eigenvalue weighted by Crippen LogP contribution is 2.37. The zero-order valence-electron chi connectivity index (χ0n) is 12.8. The average Bonchev–Trinajstić information content (AvgIpc) is 3.01. The van der Waals surface area contributed by atoms with Crippen molar-refractivity contribution in [3.05, 3.63) is 72.3 Å². The Morgan fingerprint density at radius 2 is 1.70 bits per heavy atom. The Bertz CT molecular complexity index is 782. The molecule has 0 fully saturated rings. The van der Waals surface area contributed by atoms with Crippen molar-refractivity contribution >= 4 is 28.0 Å². The molecule has 0 aliphatic rings. The van der Waals surface area contributed by atoms with Crippen LogP contribution in [0.4, 0.5) is 10.7 Å². The lowest BCUT2D eigenvalue weighted by atomic mass is 10.1. The Labute approximate surface area is 139 Å². The van der Waals surface area contributed by atoms with Crippen molar-refractivity contribution in [2.75, 3.05) is 11.9 Å². The minimum atomic E-state index is -0.288. The van der Waals surface area contributed by atoms with Crippen LogP contribution in [-0.4, -0.2) is 12.6 Å². The second kappa shape index (κ2) is 7.11. The summed E-state index contributed by atoms with van der Waals surface area (Å²) in [5.41, 5.74) is 2.60. The van der Waals surface area contributed by atoms with Gasteiger partial charge in [-0.2, -0.15) is 0 Å². The number of nitrogens with one attached hydrogen (secondary N) is 1. The molecule has 3 rings (SSSR count). The van der Waals surface area contributed by atoms with E-state index in [1.165, 1.54) is 0 Å². The zero-order chi connectivity index (χ0) is 16.1. The van der Waals surface area contributed by atoms with Crippen molar-refractivity contribution in [1.82, 2.24) is 0 Å². The molecular weight excluding hydrogens is 306 g/mol. The Morgan fingerprint density at radius 1 is 1.04 bits per heavy atom. The first-order chi connectivity index (χ1) is 11.3. The van der Waals surface area contributed by atoms with Crippen molar-refractivity contribution < 1.29 is 9.53 Å². The van der Waals surface area contributed by atoms with Crippen molar-refractivity contribution in [3.8, 4) is 10.4 Å². The predicted octanol–water partition coefficient (Wildman–Crippen LogP) is 5.34. The van der Waals surface area contributed by atoms with Gasteiger partial charge >= 0.3 is 5.97 Å². The summed E-state index contributed by atoms with van der Waals surface area (Å²) < 4.78 is 5.19. The lowest BCUT2D eigenvalue weighted by Gasteiger charge is -2.03. The molecule has 23 heavy (non-hydrogen) atoms. The number of hydrogen-bond donors (Lipinski definition) is 1. The van der Waals surface area contributed by atoms with Gasteiger partial charge in [-0.1, -0.05) is 48.5 Å². The maximum absolute atomic E-state index is 12.3. The maximum atomic E-state index is 12.3. The fraction of sp³-hybridized carbons (Fsp3) is 0.105. The average molecular weight is 323 g/mol. The summed E-state index contributed by atoms with van der Waals surface area (Å²) in [6, 6.07) is 21.7. The van der Waals surface area contributed by atoms with Gasteiger partial charge in [0.2, 0.25) is 0 Å². The van der Waals surface area contributed by atoms with Gasteiger partial charge in [0.05, 0.1) is 22.0 Å². The number of para-hydroxylation sites is 1. The van der Waals surface area contributed by atoms with Gasteiger partial charge in [0.15, 0.2) is 0 Å². The van der Waals surface area contributed by atoms with E-state index in [2.05, 4.69) is 5.32 Å². The highest BCUT2D eigenvalue weighted by molar-refractivity contribution is 7.19. The SMILES string of the molecule is CCOC(=O)c1cc(Nc2ccccc2)sc1-c1ccccc1. The van der Waals surface area contributed by atoms with Crippen LogP contribution < -0.4 is 5.32 Å². The van der Waals surface area contributed by atoms with Crippen molar-refractivity contribution in [1.29, 1.82) is 0 Å². The smallest absolute Gasteiger partial charge is 0.339 e. The van der Waals surface area contributed by atoms with Crippen LogP contribution >= 0.6 is 11.3 Å². The van der Waals surface area contributed by atoms with Gasteiger partial charge < -0.3 is 10.1 Å². The van der Waals surface area contributed by atoms with Crippen molar-refractivity contribution in [3.63, 3.8) is 0 Å². The van der Waals surface area contributed by atoms with E-state index < -0.39 is 0 Å². The Kier molecular flexibility index (Phi) is 4.74. The first kappa shape index (κ1) is 15.3. The van der Waals surface area contributed by atoms with E-state index in [1.807, 2.05) is 73.7 Å². The highest BCUT2D eigenvalue weighted by Gasteiger charge is 2.18. The third kappa shape index (κ3) is 3.60. The van der Waals surface area contributed by atoms with Gasteiger partial charge in [0, 0.05) is 5.69 Å². The molecule has 2 aromatic carbocycles. The van der Waals surface area contributed by atoms with Gasteiger partial charge in [0.1, 0.15) is 0 Å². The molecule has 0 saturated carbocycles. The minimum Gasteiger partial charge on any atom is -0.462 e. The normalized spacial score (nSPS) is 10.3. The molecule has 3 nitrogen and oxygen atoms in total. The minimum absolute atomic E-state index is 0.288. The first-order valence-corrected chi connectivity index (χ1v) is 8.28. The van der Waals surface area contributed by atoms with E-state index in [1.54, 1.807) is 11.3 Å². The van der Waals surface area contributed by atoms with E-state index in [0.717, 1.165) is 21.1 Å². The molecule has 0 aliphatic carbocycles. The number of carbonyl (C=O) groups excluding carboxylic acids is 1. The summed E-state index contributed by atoms with van der Waals surface area (Å²) in [5.74, 6) is -0.288. The maximum Gasteiger partial charge on any atom is 0.339 e. The quantitative estimate of drug-likeness (QED) is 0.644. The van der Waals surface area contributed by atoms with Crippen LogP contribution in [0.15, 0.2) is 66.7 Å². The second-order valence-electron chi connectivity index (χ2n) is 4.93. The van der Waals surface area contributed by atoms with Crippen LogP contribution in [0, 0.1) is 0 Å². The molecule has 1 aromatic heterocycles. The summed E-state index contributed by atoms with van der Waals surface area (Å²) in [6.45, 7) is 2.18. The molecule has 0 amide bonds. The highest BCUT2D eigenvalue weighted by atomic mass is 32.1. The number of esters is 1. The van der Waals surface area contributed by atoms with Crippen LogP contribution in [0.1, 0.15) is 17.3 Å². The van der Waals surface area contributed by atoms with Gasteiger partial charge in [0.25, 0.3) is 0 Å². The number of anilines is 2. The largest absolute Gasteiger partial charge is 0.462 e. The molecule has 3 aromatic rings. The summed E-state index contributed by atoms with van der Waals surface area (Å²) in [5, 5.41) is 4.26. The number of benzene rings is 2. The van der Waals surface area contributed by atoms with Crippen LogP contribution in [-0.2, 0) is 4.74 Å². The van der Waals surface area contributed by atoms with E-state index in [4.69, 9.17) is 4.74 Å². The summed E-state index contributed by atoms with van der Waals surface area (Å²) in [6.07, 6.45) is 0. The number of thiophene rings is 1. The van der Waals surface area contributed by atoms with E-state index >= 15 is 0 Å². The fourth-order valence-corrected chi connectivity index (χ4v) is 3.35. The van der Waals surface area contributed by atoms with Gasteiger partial charge in [-0.05, 0) is 30.7 Å². The Morgan fingerprint density at radius 3 is 2.35 bits per heavy atom. The van der Waals surface area contributed by atoms with Gasteiger partial charge in [-0.15, -0.1) is 11.3 Å². The topological polar surface area (TPSA) is 38.3 Å². The summed E-state index contributed by atoms with van der Waals surface area (Å²) in [4.78, 5) is 13.2. The molecule has 4 heteroatoms. The van der Waals surface area contributed by atoms with E-state index in [-0.39, 0.29) is 5.97 Å². The van der Waals surface area contributed by atoms with E-state index in [0.29, 0.717) is 12.2 Å². The second-order valence-corrected chi connectivity index (χ2v) is 5.98. The van der Waals surface area contributed by atoms with Crippen LogP contribution in [0.25, 0.3) is 10.4 Å². The lowest BCUT2D eigenvalue weighted by Crippen LogP contribution is -2.04. The molecule has 0 atom stereocenters. The number of hydrogen-bond acceptors (Lipinski definition) is 4. The third-order valence-electron chi connectivity index (χ3n) is 3.30. The third-order valence-corrected chi connectivity index (χ3v) is 4.40. The standard InChI is InChI=1S/C19H17NO2S/c1-2-22-19(21)16-13-17(20-15-11-7-4-8-12-15)23-18(16)14-9-5-3-6-10-14/h3-13,20H,2H2,1H3. The van der Waals surface area contributed by atoms with Crippen molar-refractivity contribution in [2.45, 2.75) is 6.92 Å². The van der Waals surface area contributed by atoms with Gasteiger partial charge in [-0.3, -0.25) is 0 Å².